The lowest BCUT2D eigenvalue weighted by Crippen LogP contribution is -2.20. The number of hydrogen-bond donors (Lipinski definition) is 1. The average Bonchev–Trinajstić information content (AvgIpc) is 2.83. The second kappa shape index (κ2) is 6.19. The van der Waals surface area contributed by atoms with Crippen molar-refractivity contribution in [3.05, 3.63) is 48.7 Å². The third kappa shape index (κ3) is 3.56. The highest BCUT2D eigenvalue weighted by Crippen LogP contribution is 2.28. The molecule has 1 N–H and O–H groups in total. The fourth-order valence-corrected chi connectivity index (χ4v) is 2.96. The number of carboxylic acid groups (broad SMARTS) is 1. The lowest BCUT2D eigenvalue weighted by Gasteiger charge is -2.17. The van der Waals surface area contributed by atoms with E-state index < -0.39 is 10.9 Å². The number of nitrogens with zero attached hydrogens (tertiary/aromatic N) is 3. The van der Waals surface area contributed by atoms with Crippen molar-refractivity contribution in [2.24, 2.45) is 0 Å². The van der Waals surface area contributed by atoms with Gasteiger partial charge in [-0.3, -0.25) is 10.1 Å². The molecule has 0 unspecified atom stereocenters. The highest BCUT2D eigenvalue weighted by Gasteiger charge is 2.21. The molecule has 2 rings (SSSR count). The van der Waals surface area contributed by atoms with E-state index >= 15 is 0 Å². The first-order valence-corrected chi connectivity index (χ1v) is 7.38. The topological polar surface area (TPSA) is 96.6 Å². The Kier molecular flexibility index (Phi) is 4.53. The zero-order chi connectivity index (χ0) is 15.6. The summed E-state index contributed by atoms with van der Waals surface area (Å²) in [6.07, 6.45) is 0. The van der Waals surface area contributed by atoms with Crippen LogP contribution >= 0.6 is 27.3 Å². The number of carboxylic acids is 1. The minimum absolute atomic E-state index is 0.0298. The van der Waals surface area contributed by atoms with E-state index in [1.807, 2.05) is 11.4 Å². The van der Waals surface area contributed by atoms with Crippen molar-refractivity contribution in [1.82, 2.24) is 4.98 Å². The number of thiophene rings is 1. The smallest absolute Gasteiger partial charge is 0.354 e. The van der Waals surface area contributed by atoms with Crippen LogP contribution in [0.15, 0.2) is 27.4 Å². The number of rotatable bonds is 5. The molecule has 110 valence electrons. The number of anilines is 1. The maximum Gasteiger partial charge on any atom is 0.354 e. The van der Waals surface area contributed by atoms with Gasteiger partial charge in [-0.2, -0.15) is 0 Å². The van der Waals surface area contributed by atoms with Crippen LogP contribution in [-0.2, 0) is 6.54 Å². The van der Waals surface area contributed by atoms with E-state index in [2.05, 4.69) is 20.9 Å². The summed E-state index contributed by atoms with van der Waals surface area (Å²) in [5.74, 6) is -1.19. The van der Waals surface area contributed by atoms with Crippen LogP contribution in [0.25, 0.3) is 0 Å². The van der Waals surface area contributed by atoms with Gasteiger partial charge >= 0.3 is 11.7 Å². The molecule has 7 nitrogen and oxygen atoms in total. The molecule has 0 aliphatic rings. The van der Waals surface area contributed by atoms with Crippen molar-refractivity contribution >= 4 is 44.7 Å². The Morgan fingerprint density at radius 1 is 1.57 bits per heavy atom. The summed E-state index contributed by atoms with van der Waals surface area (Å²) in [6, 6.07) is 4.18. The van der Waals surface area contributed by atoms with E-state index in [1.54, 1.807) is 11.9 Å². The molecule has 0 radical (unpaired) electrons. The summed E-state index contributed by atoms with van der Waals surface area (Å²) < 4.78 is 0.952. The Morgan fingerprint density at radius 2 is 2.29 bits per heavy atom. The van der Waals surface area contributed by atoms with Crippen molar-refractivity contribution in [1.29, 1.82) is 0 Å². The summed E-state index contributed by atoms with van der Waals surface area (Å²) in [7, 11) is 1.63. The number of halogens is 1. The molecule has 0 aliphatic heterocycles. The van der Waals surface area contributed by atoms with Gasteiger partial charge in [-0.1, -0.05) is 0 Å². The highest BCUT2D eigenvalue weighted by molar-refractivity contribution is 9.11. The summed E-state index contributed by atoms with van der Waals surface area (Å²) in [4.78, 5) is 26.9. The van der Waals surface area contributed by atoms with E-state index in [0.29, 0.717) is 6.54 Å². The molecular weight excluding hydrogens is 362 g/mol. The first kappa shape index (κ1) is 15.4. The minimum Gasteiger partial charge on any atom is -0.477 e. The first-order valence-electron chi connectivity index (χ1n) is 5.71. The van der Waals surface area contributed by atoms with E-state index in [4.69, 9.17) is 5.11 Å². The minimum atomic E-state index is -1.22. The van der Waals surface area contributed by atoms with Gasteiger partial charge in [0.15, 0.2) is 5.69 Å². The maximum absolute atomic E-state index is 11.0. The summed E-state index contributed by atoms with van der Waals surface area (Å²) in [5.41, 5.74) is 0.497. The van der Waals surface area contributed by atoms with Crippen molar-refractivity contribution < 1.29 is 14.8 Å². The highest BCUT2D eigenvalue weighted by atomic mass is 79.9. The van der Waals surface area contributed by atoms with Crippen LogP contribution in [0.1, 0.15) is 16.1 Å². The van der Waals surface area contributed by atoms with E-state index in [1.165, 1.54) is 11.3 Å². The van der Waals surface area contributed by atoms with Crippen molar-refractivity contribution in [3.8, 4) is 0 Å². The molecule has 0 spiro atoms. The fourth-order valence-electron chi connectivity index (χ4n) is 1.76. The van der Waals surface area contributed by atoms with Gasteiger partial charge < -0.3 is 10.0 Å². The van der Waals surface area contributed by atoms with Crippen LogP contribution in [0.4, 0.5) is 11.5 Å². The van der Waals surface area contributed by atoms with E-state index in [-0.39, 0.29) is 17.2 Å². The number of carbonyl (C=O) groups is 1. The molecule has 0 amide bonds. The first-order chi connectivity index (χ1) is 9.88. The predicted octanol–water partition coefficient (Wildman–Crippen LogP) is 3.15. The second-order valence-corrected chi connectivity index (χ2v) is 6.51. The molecule has 0 saturated heterocycles. The average molecular weight is 372 g/mol. The van der Waals surface area contributed by atoms with Crippen LogP contribution in [-0.4, -0.2) is 28.0 Å². The lowest BCUT2D eigenvalue weighted by molar-refractivity contribution is -0.384. The number of aromatic nitrogens is 1. The molecule has 0 saturated carbocycles. The van der Waals surface area contributed by atoms with Gasteiger partial charge in [-0.05, 0) is 39.0 Å². The second-order valence-electron chi connectivity index (χ2n) is 4.22. The third-order valence-electron chi connectivity index (χ3n) is 2.67. The van der Waals surface area contributed by atoms with Gasteiger partial charge in [0.25, 0.3) is 0 Å². The van der Waals surface area contributed by atoms with Gasteiger partial charge in [0.05, 0.1) is 8.71 Å². The normalized spacial score (nSPS) is 10.4. The number of hydrogen-bond acceptors (Lipinski definition) is 6. The van der Waals surface area contributed by atoms with Crippen molar-refractivity contribution in [2.45, 2.75) is 6.54 Å². The van der Waals surface area contributed by atoms with Crippen LogP contribution < -0.4 is 4.90 Å². The molecule has 0 bridgehead atoms. The van der Waals surface area contributed by atoms with Crippen LogP contribution in [0, 0.1) is 10.1 Å². The molecule has 2 aromatic heterocycles. The fraction of sp³-hybridized carbons (Fsp3) is 0.167. The zero-order valence-corrected chi connectivity index (χ0v) is 13.2. The number of nitro groups is 1. The molecular formula is C12H10BrN3O4S. The molecule has 2 heterocycles. The molecule has 21 heavy (non-hydrogen) atoms. The predicted molar refractivity (Wildman–Crippen MR) is 82.0 cm³/mol. The Balaban J connectivity index is 2.37. The van der Waals surface area contributed by atoms with Crippen LogP contribution in [0.5, 0.6) is 0 Å². The Bertz CT molecular complexity index is 704. The van der Waals surface area contributed by atoms with Crippen molar-refractivity contribution in [2.75, 3.05) is 11.9 Å². The molecule has 2 aromatic rings. The zero-order valence-electron chi connectivity index (χ0n) is 10.8. The van der Waals surface area contributed by atoms with Gasteiger partial charge in [-0.15, -0.1) is 11.3 Å². The summed E-state index contributed by atoms with van der Waals surface area (Å²) >= 11 is 4.85. The van der Waals surface area contributed by atoms with Crippen LogP contribution in [0.3, 0.4) is 0 Å². The summed E-state index contributed by atoms with van der Waals surface area (Å²) in [5, 5.41) is 21.9. The number of aromatic carboxylic acids is 1. The monoisotopic (exact) mass is 371 g/mol. The SMILES string of the molecule is CN(Cc1csc(Br)c1)c1nc(C(=O)O)ccc1[N+](=O)[O-]. The maximum atomic E-state index is 11.0. The summed E-state index contributed by atoms with van der Waals surface area (Å²) in [6.45, 7) is 0.388. The molecule has 0 atom stereocenters. The molecule has 0 aromatic carbocycles. The van der Waals surface area contributed by atoms with Gasteiger partial charge in [-0.25, -0.2) is 9.78 Å². The quantitative estimate of drug-likeness (QED) is 0.640. The Labute approximate surface area is 132 Å². The Morgan fingerprint density at radius 3 is 2.81 bits per heavy atom. The van der Waals surface area contributed by atoms with Crippen LogP contribution in [0.2, 0.25) is 0 Å². The molecule has 9 heteroatoms. The van der Waals surface area contributed by atoms with E-state index in [0.717, 1.165) is 21.5 Å². The van der Waals surface area contributed by atoms with Gasteiger partial charge in [0.1, 0.15) is 0 Å². The third-order valence-corrected chi connectivity index (χ3v) is 4.23. The van der Waals surface area contributed by atoms with Gasteiger partial charge in [0.2, 0.25) is 5.82 Å². The largest absolute Gasteiger partial charge is 0.477 e. The molecule has 0 aliphatic carbocycles. The van der Waals surface area contributed by atoms with Gasteiger partial charge in [0, 0.05) is 19.7 Å². The number of pyridine rings is 1. The molecule has 0 fully saturated rings. The Hall–Kier alpha value is -2.00. The van der Waals surface area contributed by atoms with Crippen molar-refractivity contribution in [3.63, 3.8) is 0 Å². The lowest BCUT2D eigenvalue weighted by atomic mass is 10.2. The standard InChI is InChI=1S/C12H10BrN3O4S/c1-15(5-7-4-10(13)21-6-7)11-9(16(19)20)3-2-8(14-11)12(17)18/h2-4,6H,5H2,1H3,(H,17,18). The van der Waals surface area contributed by atoms with E-state index in [9.17, 15) is 14.9 Å².